The minimum Gasteiger partial charge on any atom is -0.449 e. The molecule has 0 aromatic heterocycles. The van der Waals surface area contributed by atoms with Gasteiger partial charge >= 0.3 is 6.09 Å². The van der Waals surface area contributed by atoms with Crippen LogP contribution in [0.2, 0.25) is 0 Å². The molecule has 0 saturated carbocycles. The summed E-state index contributed by atoms with van der Waals surface area (Å²) in [5.41, 5.74) is -1.65. The first kappa shape index (κ1) is 12.5. The number of carbonyl (C=O) groups excluding carboxylic acids is 2. The van der Waals surface area contributed by atoms with E-state index in [0.29, 0.717) is 0 Å². The van der Waals surface area contributed by atoms with Crippen LogP contribution < -0.4 is 4.90 Å². The van der Waals surface area contributed by atoms with Crippen molar-refractivity contribution in [2.24, 2.45) is 0 Å². The molecule has 0 saturated heterocycles. The highest BCUT2D eigenvalue weighted by Gasteiger charge is 2.52. The van der Waals surface area contributed by atoms with E-state index < -0.39 is 24.2 Å². The highest BCUT2D eigenvalue weighted by atomic mass is 16.6. The molecule has 1 aliphatic heterocycles. The predicted molar refractivity (Wildman–Crippen MR) is 61.9 cm³/mol. The Morgan fingerprint density at radius 3 is 2.72 bits per heavy atom. The Labute approximate surface area is 103 Å². The van der Waals surface area contributed by atoms with E-state index in [-0.39, 0.29) is 17.9 Å². The fourth-order valence-corrected chi connectivity index (χ4v) is 1.95. The van der Waals surface area contributed by atoms with E-state index in [0.717, 1.165) is 4.90 Å². The first-order chi connectivity index (χ1) is 8.56. The maximum absolute atomic E-state index is 12.0. The van der Waals surface area contributed by atoms with Crippen LogP contribution in [-0.2, 0) is 15.1 Å². The van der Waals surface area contributed by atoms with E-state index in [2.05, 4.69) is 0 Å². The monoisotopic (exact) mass is 251 g/mol. The highest BCUT2D eigenvalue weighted by molar-refractivity contribution is 6.20. The molecule has 0 radical (unpaired) electrons. The lowest BCUT2D eigenvalue weighted by atomic mass is 9.97. The van der Waals surface area contributed by atoms with Gasteiger partial charge in [-0.05, 0) is 13.0 Å². The van der Waals surface area contributed by atoms with Crippen LogP contribution in [0.25, 0.3) is 0 Å². The lowest BCUT2D eigenvalue weighted by molar-refractivity contribution is -0.139. The van der Waals surface area contributed by atoms with Crippen LogP contribution in [0.3, 0.4) is 0 Å². The van der Waals surface area contributed by atoms with Crippen LogP contribution in [0.1, 0.15) is 12.5 Å². The summed E-state index contributed by atoms with van der Waals surface area (Å²) in [4.78, 5) is 24.5. The number of fused-ring (bicyclic) bond motifs is 1. The molecule has 1 atom stereocenters. The number of amides is 2. The van der Waals surface area contributed by atoms with Crippen molar-refractivity contribution in [1.82, 2.24) is 0 Å². The summed E-state index contributed by atoms with van der Waals surface area (Å²) in [6.45, 7) is 0.934. The van der Waals surface area contributed by atoms with Crippen molar-refractivity contribution in [3.05, 3.63) is 29.8 Å². The second kappa shape index (κ2) is 4.40. The first-order valence-corrected chi connectivity index (χ1v) is 5.50. The largest absolute Gasteiger partial charge is 0.449 e. The van der Waals surface area contributed by atoms with Crippen molar-refractivity contribution in [2.75, 3.05) is 18.1 Å². The number of carbonyl (C=O) groups is 2. The second-order valence-corrected chi connectivity index (χ2v) is 3.88. The predicted octanol–water partition coefficient (Wildman–Crippen LogP) is 0.370. The van der Waals surface area contributed by atoms with Gasteiger partial charge in [-0.25, -0.2) is 9.69 Å². The number of benzene rings is 1. The Balaban J connectivity index is 2.52. The Kier molecular flexibility index (Phi) is 3.06. The number of anilines is 1. The number of aliphatic hydroxyl groups excluding tert-OH is 1. The molecule has 0 aliphatic carbocycles. The summed E-state index contributed by atoms with van der Waals surface area (Å²) in [6.07, 6.45) is -0.862. The number of aliphatic hydroxyl groups is 2. The van der Waals surface area contributed by atoms with Gasteiger partial charge in [-0.2, -0.15) is 0 Å². The van der Waals surface area contributed by atoms with Gasteiger partial charge in [0.15, 0.2) is 5.60 Å². The average molecular weight is 251 g/mol. The Morgan fingerprint density at radius 2 is 2.11 bits per heavy atom. The molecule has 1 aliphatic rings. The van der Waals surface area contributed by atoms with Crippen LogP contribution in [0.15, 0.2) is 24.3 Å². The first-order valence-electron chi connectivity index (χ1n) is 5.50. The van der Waals surface area contributed by atoms with Crippen molar-refractivity contribution in [3.8, 4) is 0 Å². The number of imide groups is 1. The number of hydrogen-bond donors (Lipinski definition) is 2. The van der Waals surface area contributed by atoms with Gasteiger partial charge in [0.05, 0.1) is 18.9 Å². The van der Waals surface area contributed by atoms with E-state index in [9.17, 15) is 19.8 Å². The molecule has 0 spiro atoms. The minimum absolute atomic E-state index is 0.113. The van der Waals surface area contributed by atoms with Crippen LogP contribution >= 0.6 is 0 Å². The zero-order chi connectivity index (χ0) is 13.3. The number of rotatable bonds is 2. The molecule has 2 rings (SSSR count). The summed E-state index contributed by atoms with van der Waals surface area (Å²) in [5.74, 6) is -0.898. The molecule has 96 valence electrons. The Bertz CT molecular complexity index is 501. The summed E-state index contributed by atoms with van der Waals surface area (Å²) in [7, 11) is 0. The van der Waals surface area contributed by atoms with Gasteiger partial charge in [0, 0.05) is 5.56 Å². The number of hydrogen-bond acceptors (Lipinski definition) is 5. The van der Waals surface area contributed by atoms with Crippen molar-refractivity contribution >= 4 is 17.7 Å². The summed E-state index contributed by atoms with van der Waals surface area (Å²) >= 11 is 0. The van der Waals surface area contributed by atoms with E-state index >= 15 is 0 Å². The fourth-order valence-electron chi connectivity index (χ4n) is 1.95. The topological polar surface area (TPSA) is 87.1 Å². The van der Waals surface area contributed by atoms with Gasteiger partial charge in [0.25, 0.3) is 5.91 Å². The van der Waals surface area contributed by atoms with Crippen molar-refractivity contribution in [1.29, 1.82) is 0 Å². The van der Waals surface area contributed by atoms with E-state index in [1.165, 1.54) is 12.1 Å². The molecule has 1 unspecified atom stereocenters. The minimum atomic E-state index is -2.08. The quantitative estimate of drug-likeness (QED) is 0.793. The Hall–Kier alpha value is -1.92. The van der Waals surface area contributed by atoms with E-state index in [1.807, 2.05) is 0 Å². The molecular weight excluding hydrogens is 238 g/mol. The lowest BCUT2D eigenvalue weighted by Gasteiger charge is -2.19. The Morgan fingerprint density at radius 1 is 1.44 bits per heavy atom. The average Bonchev–Trinajstić information content (AvgIpc) is 2.60. The molecule has 1 aromatic carbocycles. The summed E-state index contributed by atoms with van der Waals surface area (Å²) in [5, 5.41) is 19.4. The fraction of sp³-hybridized carbons (Fsp3) is 0.333. The SMILES string of the molecule is CCOC(=O)N1C(=O)C(O)(CO)c2ccccc21. The molecular formula is C12H13NO5. The van der Waals surface area contributed by atoms with Gasteiger partial charge < -0.3 is 14.9 Å². The number of nitrogens with zero attached hydrogens (tertiary/aromatic N) is 1. The highest BCUT2D eigenvalue weighted by Crippen LogP contribution is 2.40. The molecule has 2 amide bonds. The van der Waals surface area contributed by atoms with Crippen LogP contribution in [0.5, 0.6) is 0 Å². The van der Waals surface area contributed by atoms with Crippen molar-refractivity contribution in [3.63, 3.8) is 0 Å². The van der Waals surface area contributed by atoms with Crippen molar-refractivity contribution < 1.29 is 24.5 Å². The molecule has 1 aromatic rings. The maximum Gasteiger partial charge on any atom is 0.421 e. The molecule has 18 heavy (non-hydrogen) atoms. The molecule has 1 heterocycles. The molecule has 2 N–H and O–H groups in total. The van der Waals surface area contributed by atoms with Gasteiger partial charge in [-0.3, -0.25) is 4.79 Å². The number of para-hydroxylation sites is 1. The third kappa shape index (κ3) is 1.58. The standard InChI is InChI=1S/C12H13NO5/c1-2-18-11(16)13-9-6-4-3-5-8(9)12(17,7-14)10(13)15/h3-6,14,17H,2,7H2,1H3. The van der Waals surface area contributed by atoms with Gasteiger partial charge in [0.2, 0.25) is 0 Å². The maximum atomic E-state index is 12.0. The van der Waals surface area contributed by atoms with E-state index in [1.54, 1.807) is 19.1 Å². The zero-order valence-electron chi connectivity index (χ0n) is 9.79. The summed E-state index contributed by atoms with van der Waals surface area (Å²) < 4.78 is 4.76. The van der Waals surface area contributed by atoms with Gasteiger partial charge in [0.1, 0.15) is 0 Å². The smallest absolute Gasteiger partial charge is 0.421 e. The van der Waals surface area contributed by atoms with Crippen LogP contribution in [-0.4, -0.2) is 35.4 Å². The number of ether oxygens (including phenoxy) is 1. The van der Waals surface area contributed by atoms with Crippen molar-refractivity contribution in [2.45, 2.75) is 12.5 Å². The third-order valence-electron chi connectivity index (χ3n) is 2.83. The van der Waals surface area contributed by atoms with Crippen LogP contribution in [0, 0.1) is 0 Å². The van der Waals surface area contributed by atoms with Gasteiger partial charge in [-0.1, -0.05) is 18.2 Å². The molecule has 6 heteroatoms. The van der Waals surface area contributed by atoms with Gasteiger partial charge in [-0.15, -0.1) is 0 Å². The molecule has 0 bridgehead atoms. The molecule has 6 nitrogen and oxygen atoms in total. The third-order valence-corrected chi connectivity index (χ3v) is 2.83. The summed E-state index contributed by atoms with van der Waals surface area (Å²) in [6, 6.07) is 6.24. The van der Waals surface area contributed by atoms with E-state index in [4.69, 9.17) is 4.74 Å². The second-order valence-electron chi connectivity index (χ2n) is 3.88. The normalized spacial score (nSPS) is 21.9. The zero-order valence-corrected chi connectivity index (χ0v) is 9.79. The lowest BCUT2D eigenvalue weighted by Crippen LogP contribution is -2.45. The molecule has 0 fully saturated rings. The van der Waals surface area contributed by atoms with Crippen LogP contribution in [0.4, 0.5) is 10.5 Å².